The van der Waals surface area contributed by atoms with Gasteiger partial charge in [0.2, 0.25) is 5.91 Å². The summed E-state index contributed by atoms with van der Waals surface area (Å²) < 4.78 is 1.38. The van der Waals surface area contributed by atoms with Crippen LogP contribution in [0.25, 0.3) is 11.1 Å². The second-order valence-corrected chi connectivity index (χ2v) is 13.5. The number of piperazine rings is 1. The lowest BCUT2D eigenvalue weighted by atomic mass is 9.89. The number of thiophene rings is 1. The van der Waals surface area contributed by atoms with Crippen molar-refractivity contribution in [3.63, 3.8) is 0 Å². The number of amides is 2. The molecule has 5 heterocycles. The van der Waals surface area contributed by atoms with E-state index in [0.29, 0.717) is 55.8 Å². The average Bonchev–Trinajstić information content (AvgIpc) is 3.47. The molecule has 1 fully saturated rings. The molecule has 6 rings (SSSR count). The maximum Gasteiger partial charge on any atom is 0.276 e. The molecule has 0 atom stereocenters. The fourth-order valence-corrected chi connectivity index (χ4v) is 7.91. The number of pyridine rings is 2. The van der Waals surface area contributed by atoms with E-state index in [4.69, 9.17) is 5.73 Å². The van der Waals surface area contributed by atoms with E-state index in [1.807, 2.05) is 0 Å². The minimum absolute atomic E-state index is 0.0352. The van der Waals surface area contributed by atoms with Crippen molar-refractivity contribution in [3.8, 4) is 11.1 Å². The van der Waals surface area contributed by atoms with Gasteiger partial charge in [0, 0.05) is 68.2 Å². The van der Waals surface area contributed by atoms with Gasteiger partial charge in [0.1, 0.15) is 17.3 Å². The van der Waals surface area contributed by atoms with E-state index < -0.39 is 0 Å². The highest BCUT2D eigenvalue weighted by Crippen LogP contribution is 2.45. The van der Waals surface area contributed by atoms with Crippen molar-refractivity contribution in [1.82, 2.24) is 19.8 Å². The first kappa shape index (κ1) is 29.5. The third kappa shape index (κ3) is 5.34. The molecule has 0 spiro atoms. The van der Waals surface area contributed by atoms with Crippen molar-refractivity contribution in [1.29, 1.82) is 0 Å². The van der Waals surface area contributed by atoms with Crippen LogP contribution in [0.15, 0.2) is 46.1 Å². The fraction of sp³-hybridized carbons (Fsp3) is 0.375. The van der Waals surface area contributed by atoms with E-state index in [9.17, 15) is 19.2 Å². The van der Waals surface area contributed by atoms with Gasteiger partial charge in [-0.1, -0.05) is 13.8 Å². The zero-order valence-electron chi connectivity index (χ0n) is 25.3. The Morgan fingerprint density at radius 3 is 2.75 bits per heavy atom. The Bertz CT molecular complexity index is 1830. The topological polar surface area (TPSA) is 143 Å². The Morgan fingerprint density at radius 2 is 2.00 bits per heavy atom. The minimum atomic E-state index is -0.369. The number of rotatable bonds is 5. The van der Waals surface area contributed by atoms with Crippen molar-refractivity contribution >= 4 is 46.8 Å². The van der Waals surface area contributed by atoms with Crippen LogP contribution < -0.4 is 21.5 Å². The van der Waals surface area contributed by atoms with Crippen LogP contribution >= 0.6 is 11.3 Å². The zero-order chi connectivity index (χ0) is 31.3. The maximum atomic E-state index is 13.8. The number of carbonyl (C=O) groups is 3. The second-order valence-electron chi connectivity index (χ2n) is 12.4. The Hall–Kier alpha value is -4.58. The van der Waals surface area contributed by atoms with Crippen molar-refractivity contribution < 1.29 is 14.4 Å². The lowest BCUT2D eigenvalue weighted by Gasteiger charge is -2.28. The molecule has 3 N–H and O–H groups in total. The molecule has 3 aromatic rings. The predicted molar refractivity (Wildman–Crippen MR) is 171 cm³/mol. The molecule has 0 bridgehead atoms. The molecule has 11 nitrogen and oxygen atoms in total. The summed E-state index contributed by atoms with van der Waals surface area (Å²) in [6.45, 7) is 8.01. The number of aryl methyl sites for hydroxylation is 1. The minimum Gasteiger partial charge on any atom is -0.385 e. The van der Waals surface area contributed by atoms with E-state index in [0.717, 1.165) is 29.0 Å². The highest BCUT2D eigenvalue weighted by atomic mass is 32.1. The maximum absolute atomic E-state index is 13.8. The first-order valence-electron chi connectivity index (χ1n) is 14.6. The smallest absolute Gasteiger partial charge is 0.276 e. The van der Waals surface area contributed by atoms with Gasteiger partial charge in [0.15, 0.2) is 6.29 Å². The Labute approximate surface area is 259 Å². The summed E-state index contributed by atoms with van der Waals surface area (Å²) in [4.78, 5) is 65.3. The molecule has 0 aromatic carbocycles. The molecule has 2 aliphatic heterocycles. The van der Waals surface area contributed by atoms with Crippen LogP contribution in [0.2, 0.25) is 0 Å². The number of aromatic nitrogens is 2. The van der Waals surface area contributed by atoms with Crippen molar-refractivity contribution in [2.75, 3.05) is 31.1 Å². The van der Waals surface area contributed by atoms with Crippen LogP contribution in [-0.2, 0) is 31.1 Å². The molecule has 3 aromatic heterocycles. The lowest BCUT2D eigenvalue weighted by molar-refractivity contribution is -0.128. The predicted octanol–water partition coefficient (Wildman–Crippen LogP) is 2.97. The normalized spacial score (nSPS) is 18.7. The summed E-state index contributed by atoms with van der Waals surface area (Å²) in [5.41, 5.74) is 10.7. The molecule has 3 aliphatic rings. The van der Waals surface area contributed by atoms with Crippen LogP contribution in [0.5, 0.6) is 0 Å². The number of fused-ring (bicyclic) bond motifs is 3. The number of nitrogens with one attached hydrogen (secondary N) is 1. The number of nitrogens with zero attached hydrogens (tertiary/aromatic N) is 5. The molecule has 1 saturated heterocycles. The van der Waals surface area contributed by atoms with Gasteiger partial charge in [0.05, 0.1) is 17.0 Å². The lowest BCUT2D eigenvalue weighted by Crippen LogP contribution is -2.44. The van der Waals surface area contributed by atoms with Crippen molar-refractivity contribution in [3.05, 3.63) is 73.1 Å². The van der Waals surface area contributed by atoms with Crippen molar-refractivity contribution in [2.45, 2.75) is 40.0 Å². The third-order valence-electron chi connectivity index (χ3n) is 8.45. The van der Waals surface area contributed by atoms with Gasteiger partial charge in [-0.05, 0) is 53.5 Å². The summed E-state index contributed by atoms with van der Waals surface area (Å²) in [5.74, 6) is 0.220. The summed E-state index contributed by atoms with van der Waals surface area (Å²) >= 11 is 1.57. The Balaban J connectivity index is 1.33. The molecule has 0 radical (unpaired) electrons. The van der Waals surface area contributed by atoms with Gasteiger partial charge in [-0.15, -0.1) is 11.3 Å². The molecule has 228 valence electrons. The number of aldehydes is 1. The van der Waals surface area contributed by atoms with Gasteiger partial charge in [-0.2, -0.15) is 0 Å². The van der Waals surface area contributed by atoms with Crippen LogP contribution in [-0.4, -0.2) is 64.6 Å². The first-order valence-corrected chi connectivity index (χ1v) is 15.4. The van der Waals surface area contributed by atoms with Gasteiger partial charge in [-0.25, -0.2) is 9.98 Å². The average molecular weight is 614 g/mol. The summed E-state index contributed by atoms with van der Waals surface area (Å²) in [6.07, 6.45) is 8.16. The molecule has 0 unspecified atom stereocenters. The number of carbonyl (C=O) groups excluding carboxylic acids is 3. The summed E-state index contributed by atoms with van der Waals surface area (Å²) in [5, 5.41) is 3.21. The third-order valence-corrected chi connectivity index (χ3v) is 9.71. The zero-order valence-corrected chi connectivity index (χ0v) is 26.1. The number of aliphatic imine (C=N–C) groups is 1. The second kappa shape index (κ2) is 11.2. The van der Waals surface area contributed by atoms with Crippen LogP contribution in [0.1, 0.15) is 56.8 Å². The Kier molecular flexibility index (Phi) is 7.48. The molecule has 44 heavy (non-hydrogen) atoms. The Morgan fingerprint density at radius 1 is 1.20 bits per heavy atom. The van der Waals surface area contributed by atoms with E-state index >= 15 is 0 Å². The van der Waals surface area contributed by atoms with Crippen LogP contribution in [0, 0.1) is 5.41 Å². The van der Waals surface area contributed by atoms with Gasteiger partial charge in [-0.3, -0.25) is 24.1 Å². The van der Waals surface area contributed by atoms with Crippen molar-refractivity contribution in [2.24, 2.45) is 23.2 Å². The molecular formula is C32H35N7O4S. The van der Waals surface area contributed by atoms with Crippen LogP contribution in [0.3, 0.4) is 0 Å². The quantitative estimate of drug-likeness (QED) is 0.256. The van der Waals surface area contributed by atoms with Crippen LogP contribution in [0.4, 0.5) is 11.5 Å². The van der Waals surface area contributed by atoms with E-state index in [1.54, 1.807) is 58.8 Å². The number of amidine groups is 1. The molecule has 1 aliphatic carbocycles. The monoisotopic (exact) mass is 613 g/mol. The SMILES string of the molecule is CC(=O)N1CCN/C(=C\C(N)=Nc2cc(-c3ccnc(N4CCc5c(sc6c5CC(C)(C)C6)C4=O)c3C=O)cn(C)c2=O)C1. The van der Waals surface area contributed by atoms with Gasteiger partial charge >= 0.3 is 0 Å². The standard InChI is InChI=1S/C32H35N7O4S/c1-18(41)38-10-8-34-20(16-38)12-27(33)36-25-11-19(15-37(4)30(25)42)21-5-7-35-29(24(21)17-40)39-9-6-22-23-13-32(2,3)14-26(23)44-28(22)31(39)43/h5,7,11-12,15,17,34H,6,8-10,13-14,16H2,1-4H3,(H2,33,36)/b20-12-. The molecular weight excluding hydrogens is 578 g/mol. The molecule has 12 heteroatoms. The number of hydrogen-bond donors (Lipinski definition) is 2. The molecule has 0 saturated carbocycles. The van der Waals surface area contributed by atoms with E-state index in [2.05, 4.69) is 29.1 Å². The first-order chi connectivity index (χ1) is 21.0. The number of nitrogens with two attached hydrogens (primary N) is 1. The highest BCUT2D eigenvalue weighted by Gasteiger charge is 2.39. The summed E-state index contributed by atoms with van der Waals surface area (Å²) in [7, 11) is 1.60. The van der Waals surface area contributed by atoms with Gasteiger partial charge < -0.3 is 20.5 Å². The molecule has 2 amide bonds. The largest absolute Gasteiger partial charge is 0.385 e. The van der Waals surface area contributed by atoms with E-state index in [-0.39, 0.29) is 39.9 Å². The highest BCUT2D eigenvalue weighted by molar-refractivity contribution is 7.14. The fourth-order valence-electron chi connectivity index (χ4n) is 6.34. The van der Waals surface area contributed by atoms with E-state index in [1.165, 1.54) is 21.9 Å². The number of hydrogen-bond acceptors (Lipinski definition) is 8. The summed E-state index contributed by atoms with van der Waals surface area (Å²) in [6, 6.07) is 3.27. The van der Waals surface area contributed by atoms with Gasteiger partial charge in [0.25, 0.3) is 11.5 Å². The number of anilines is 1.